The van der Waals surface area contributed by atoms with Gasteiger partial charge in [0.25, 0.3) is 0 Å². The maximum Gasteiger partial charge on any atom is 0.223 e. The second-order valence-corrected chi connectivity index (χ2v) is 5.16. The minimum Gasteiger partial charge on any atom is -0.494 e. The van der Waals surface area contributed by atoms with Gasteiger partial charge in [0, 0.05) is 45.7 Å². The van der Waals surface area contributed by atoms with E-state index in [9.17, 15) is 9.18 Å². The third-order valence-corrected chi connectivity index (χ3v) is 3.71. The first kappa shape index (κ1) is 18.7. The Hall–Kier alpha value is -1.37. The summed E-state index contributed by atoms with van der Waals surface area (Å²) in [5.74, 6) is 0.0374. The summed E-state index contributed by atoms with van der Waals surface area (Å²) in [6.45, 7) is 4.08. The van der Waals surface area contributed by atoms with E-state index < -0.39 is 0 Å². The summed E-state index contributed by atoms with van der Waals surface area (Å²) in [5, 5.41) is 0. The van der Waals surface area contributed by atoms with Crippen LogP contribution in [0.1, 0.15) is 12.0 Å². The van der Waals surface area contributed by atoms with Gasteiger partial charge in [-0.3, -0.25) is 9.69 Å². The number of hydrogen-bond acceptors (Lipinski definition) is 4. The van der Waals surface area contributed by atoms with Crippen LogP contribution in [-0.2, 0) is 11.3 Å². The van der Waals surface area contributed by atoms with Gasteiger partial charge in [-0.2, -0.15) is 0 Å². The Morgan fingerprint density at radius 1 is 1.32 bits per heavy atom. The number of hydrogen-bond donors (Lipinski definition) is 1. The van der Waals surface area contributed by atoms with Crippen LogP contribution in [-0.4, -0.2) is 55.5 Å². The first-order chi connectivity index (χ1) is 10.1. The topological polar surface area (TPSA) is 58.8 Å². The third kappa shape index (κ3) is 4.83. The molecule has 0 atom stereocenters. The molecule has 0 unspecified atom stereocenters. The van der Waals surface area contributed by atoms with Gasteiger partial charge in [0.05, 0.1) is 7.11 Å². The Bertz CT molecular complexity index is 494. The van der Waals surface area contributed by atoms with E-state index in [1.165, 1.54) is 13.2 Å². The predicted molar refractivity (Wildman–Crippen MR) is 85.7 cm³/mol. The lowest BCUT2D eigenvalue weighted by Gasteiger charge is -2.34. The zero-order chi connectivity index (χ0) is 15.2. The molecule has 5 nitrogen and oxygen atoms in total. The number of piperazine rings is 1. The second-order valence-electron chi connectivity index (χ2n) is 5.16. The fraction of sp³-hybridized carbons (Fsp3) is 0.533. The molecule has 1 aliphatic heterocycles. The molecule has 0 bridgehead atoms. The molecule has 1 aliphatic rings. The molecule has 1 fully saturated rings. The van der Waals surface area contributed by atoms with Gasteiger partial charge in [-0.1, -0.05) is 6.07 Å². The number of methoxy groups -OCH3 is 1. The summed E-state index contributed by atoms with van der Waals surface area (Å²) in [5.41, 5.74) is 6.31. The van der Waals surface area contributed by atoms with Gasteiger partial charge in [-0.05, 0) is 17.7 Å². The molecule has 1 aromatic carbocycles. The molecule has 124 valence electrons. The fourth-order valence-corrected chi connectivity index (χ4v) is 2.50. The molecule has 2 rings (SSSR count). The zero-order valence-electron chi connectivity index (χ0n) is 12.8. The first-order valence-electron chi connectivity index (χ1n) is 7.16. The Kier molecular flexibility index (Phi) is 7.58. The molecule has 1 aromatic rings. The lowest BCUT2D eigenvalue weighted by atomic mass is 10.1. The monoisotopic (exact) mass is 331 g/mol. The van der Waals surface area contributed by atoms with E-state index in [1.54, 1.807) is 6.07 Å². The molecular formula is C15H23ClFN3O2. The van der Waals surface area contributed by atoms with E-state index in [4.69, 9.17) is 10.5 Å². The van der Waals surface area contributed by atoms with Crippen molar-refractivity contribution in [3.8, 4) is 5.75 Å². The highest BCUT2D eigenvalue weighted by atomic mass is 35.5. The highest BCUT2D eigenvalue weighted by Gasteiger charge is 2.20. The van der Waals surface area contributed by atoms with Gasteiger partial charge in [0.1, 0.15) is 0 Å². The van der Waals surface area contributed by atoms with Crippen molar-refractivity contribution in [3.63, 3.8) is 0 Å². The number of ether oxygens (including phenoxy) is 1. The quantitative estimate of drug-likeness (QED) is 0.882. The van der Waals surface area contributed by atoms with E-state index in [0.29, 0.717) is 32.6 Å². The molecule has 1 heterocycles. The van der Waals surface area contributed by atoms with Crippen LogP contribution in [0.25, 0.3) is 0 Å². The maximum absolute atomic E-state index is 13.6. The smallest absolute Gasteiger partial charge is 0.223 e. The van der Waals surface area contributed by atoms with Crippen LogP contribution >= 0.6 is 12.4 Å². The highest BCUT2D eigenvalue weighted by molar-refractivity contribution is 5.85. The molecule has 0 aromatic heterocycles. The fourth-order valence-electron chi connectivity index (χ4n) is 2.50. The van der Waals surface area contributed by atoms with Gasteiger partial charge < -0.3 is 15.4 Å². The van der Waals surface area contributed by atoms with Crippen LogP contribution in [0.15, 0.2) is 18.2 Å². The first-order valence-corrected chi connectivity index (χ1v) is 7.16. The Morgan fingerprint density at radius 3 is 2.55 bits per heavy atom. The Balaban J connectivity index is 0.00000242. The number of rotatable bonds is 5. The van der Waals surface area contributed by atoms with Crippen molar-refractivity contribution in [2.75, 3.05) is 39.8 Å². The van der Waals surface area contributed by atoms with E-state index in [0.717, 1.165) is 18.7 Å². The molecular weight excluding hydrogens is 309 g/mol. The number of amides is 1. The molecule has 0 saturated carbocycles. The van der Waals surface area contributed by atoms with Crippen molar-refractivity contribution < 1.29 is 13.9 Å². The molecule has 22 heavy (non-hydrogen) atoms. The van der Waals surface area contributed by atoms with Crippen LogP contribution in [0.3, 0.4) is 0 Å². The van der Waals surface area contributed by atoms with Crippen molar-refractivity contribution >= 4 is 18.3 Å². The minimum atomic E-state index is -0.341. The predicted octanol–water partition coefficient (Wildman–Crippen LogP) is 1.25. The molecule has 1 amide bonds. The lowest BCUT2D eigenvalue weighted by Crippen LogP contribution is -2.48. The van der Waals surface area contributed by atoms with Crippen LogP contribution < -0.4 is 10.5 Å². The van der Waals surface area contributed by atoms with Gasteiger partial charge in [0.15, 0.2) is 11.6 Å². The summed E-state index contributed by atoms with van der Waals surface area (Å²) in [6, 6.07) is 5.02. The number of nitrogens with two attached hydrogens (primary N) is 1. The van der Waals surface area contributed by atoms with E-state index >= 15 is 0 Å². The van der Waals surface area contributed by atoms with Crippen molar-refractivity contribution in [1.82, 2.24) is 9.80 Å². The van der Waals surface area contributed by atoms with Crippen molar-refractivity contribution in [2.24, 2.45) is 5.73 Å². The highest BCUT2D eigenvalue weighted by Crippen LogP contribution is 2.19. The Morgan fingerprint density at radius 2 is 2.00 bits per heavy atom. The van der Waals surface area contributed by atoms with Crippen LogP contribution in [0.2, 0.25) is 0 Å². The summed E-state index contributed by atoms with van der Waals surface area (Å²) in [4.78, 5) is 15.8. The number of carbonyl (C=O) groups excluding carboxylic acids is 1. The lowest BCUT2D eigenvalue weighted by molar-refractivity contribution is -0.132. The molecule has 1 saturated heterocycles. The SMILES string of the molecule is COc1ccc(CN2CCN(C(=O)CCN)CC2)cc1F.Cl. The summed E-state index contributed by atoms with van der Waals surface area (Å²) >= 11 is 0. The van der Waals surface area contributed by atoms with Gasteiger partial charge >= 0.3 is 0 Å². The molecule has 7 heteroatoms. The summed E-state index contributed by atoms with van der Waals surface area (Å²) < 4.78 is 18.6. The van der Waals surface area contributed by atoms with Crippen molar-refractivity contribution in [2.45, 2.75) is 13.0 Å². The van der Waals surface area contributed by atoms with E-state index in [-0.39, 0.29) is 29.9 Å². The largest absolute Gasteiger partial charge is 0.494 e. The summed E-state index contributed by atoms with van der Waals surface area (Å²) in [6.07, 6.45) is 0.406. The normalized spacial score (nSPS) is 15.3. The van der Waals surface area contributed by atoms with Crippen LogP contribution in [0, 0.1) is 5.82 Å². The molecule has 2 N–H and O–H groups in total. The van der Waals surface area contributed by atoms with E-state index in [1.807, 2.05) is 11.0 Å². The van der Waals surface area contributed by atoms with Crippen molar-refractivity contribution in [3.05, 3.63) is 29.6 Å². The zero-order valence-corrected chi connectivity index (χ0v) is 13.6. The van der Waals surface area contributed by atoms with Crippen molar-refractivity contribution in [1.29, 1.82) is 0 Å². The van der Waals surface area contributed by atoms with Crippen LogP contribution in [0.5, 0.6) is 5.75 Å². The molecule has 0 radical (unpaired) electrons. The number of benzene rings is 1. The third-order valence-electron chi connectivity index (χ3n) is 3.71. The molecule has 0 aliphatic carbocycles. The summed E-state index contributed by atoms with van der Waals surface area (Å²) in [7, 11) is 1.45. The van der Waals surface area contributed by atoms with Gasteiger partial charge in [-0.15, -0.1) is 12.4 Å². The second kappa shape index (κ2) is 8.92. The van der Waals surface area contributed by atoms with E-state index in [2.05, 4.69) is 4.90 Å². The average Bonchev–Trinajstić information content (AvgIpc) is 2.48. The van der Waals surface area contributed by atoms with Gasteiger partial charge in [-0.25, -0.2) is 4.39 Å². The minimum absolute atomic E-state index is 0. The molecule has 0 spiro atoms. The van der Waals surface area contributed by atoms with Crippen LogP contribution in [0.4, 0.5) is 4.39 Å². The average molecular weight is 332 g/mol. The standard InChI is InChI=1S/C15H22FN3O2.ClH/c1-21-14-3-2-12(10-13(14)16)11-18-6-8-19(9-7-18)15(20)4-5-17;/h2-3,10H,4-9,11,17H2,1H3;1H. The number of nitrogens with zero attached hydrogens (tertiary/aromatic N) is 2. The van der Waals surface area contributed by atoms with Gasteiger partial charge in [0.2, 0.25) is 5.91 Å². The Labute approximate surface area is 136 Å². The number of carbonyl (C=O) groups is 1. The number of halogens is 2. The maximum atomic E-state index is 13.6.